The molecule has 0 saturated carbocycles. The van der Waals surface area contributed by atoms with Crippen LogP contribution >= 0.6 is 23.1 Å². The third-order valence-corrected chi connectivity index (χ3v) is 3.93. The molecule has 2 nitrogen and oxygen atoms in total. The van der Waals surface area contributed by atoms with Gasteiger partial charge in [-0.05, 0) is 5.75 Å². The van der Waals surface area contributed by atoms with Gasteiger partial charge in [-0.15, -0.1) is 11.3 Å². The number of rotatable bonds is 7. The second kappa shape index (κ2) is 7.25. The van der Waals surface area contributed by atoms with Gasteiger partial charge in [0.25, 0.3) is 0 Å². The standard InChI is InChI=1S/C11H20N2S2/c1-4-14-8-11-13-10(7-15-11)5-6-12-9(2)3/h7,9,12H,4-6,8H2,1-3H3. The number of hydrogen-bond acceptors (Lipinski definition) is 4. The van der Waals surface area contributed by atoms with Gasteiger partial charge < -0.3 is 5.32 Å². The third-order valence-electron chi connectivity index (χ3n) is 1.96. The van der Waals surface area contributed by atoms with Crippen molar-refractivity contribution < 1.29 is 0 Å². The van der Waals surface area contributed by atoms with Gasteiger partial charge in [0, 0.05) is 30.1 Å². The van der Waals surface area contributed by atoms with Crippen molar-refractivity contribution >= 4 is 23.1 Å². The Morgan fingerprint density at radius 3 is 3.00 bits per heavy atom. The Hall–Kier alpha value is -0.0600. The van der Waals surface area contributed by atoms with Gasteiger partial charge in [-0.3, -0.25) is 0 Å². The summed E-state index contributed by atoms with van der Waals surface area (Å²) >= 11 is 3.72. The number of thioether (sulfide) groups is 1. The van der Waals surface area contributed by atoms with E-state index in [0.29, 0.717) is 6.04 Å². The monoisotopic (exact) mass is 244 g/mol. The van der Waals surface area contributed by atoms with Crippen LogP contribution in [0.25, 0.3) is 0 Å². The lowest BCUT2D eigenvalue weighted by Gasteiger charge is -2.05. The molecular formula is C11H20N2S2. The van der Waals surface area contributed by atoms with Crippen LogP contribution in [0.4, 0.5) is 0 Å². The zero-order valence-electron chi connectivity index (χ0n) is 9.75. The molecule has 1 heterocycles. The molecular weight excluding hydrogens is 224 g/mol. The number of hydrogen-bond donors (Lipinski definition) is 1. The van der Waals surface area contributed by atoms with Crippen molar-refractivity contribution in [3.63, 3.8) is 0 Å². The van der Waals surface area contributed by atoms with E-state index in [1.54, 1.807) is 11.3 Å². The molecule has 15 heavy (non-hydrogen) atoms. The van der Waals surface area contributed by atoms with Gasteiger partial charge in [0.2, 0.25) is 0 Å². The molecule has 0 aliphatic heterocycles. The maximum atomic E-state index is 4.60. The summed E-state index contributed by atoms with van der Waals surface area (Å²) in [6.45, 7) is 7.56. The predicted molar refractivity (Wildman–Crippen MR) is 70.8 cm³/mol. The molecule has 0 aliphatic rings. The van der Waals surface area contributed by atoms with Crippen LogP contribution in [0.3, 0.4) is 0 Å². The highest BCUT2D eigenvalue weighted by Gasteiger charge is 2.01. The second-order valence-electron chi connectivity index (χ2n) is 3.73. The minimum Gasteiger partial charge on any atom is -0.314 e. The lowest BCUT2D eigenvalue weighted by Crippen LogP contribution is -2.25. The predicted octanol–water partition coefficient (Wildman–Crippen LogP) is 2.94. The highest BCUT2D eigenvalue weighted by Crippen LogP contribution is 2.16. The minimum absolute atomic E-state index is 0.568. The van der Waals surface area contributed by atoms with E-state index in [2.05, 4.69) is 36.5 Å². The lowest BCUT2D eigenvalue weighted by atomic mass is 10.3. The quantitative estimate of drug-likeness (QED) is 0.798. The van der Waals surface area contributed by atoms with Crippen LogP contribution < -0.4 is 5.32 Å². The largest absolute Gasteiger partial charge is 0.314 e. The fraction of sp³-hybridized carbons (Fsp3) is 0.727. The van der Waals surface area contributed by atoms with E-state index >= 15 is 0 Å². The van der Waals surface area contributed by atoms with Gasteiger partial charge in [0.1, 0.15) is 5.01 Å². The van der Waals surface area contributed by atoms with Crippen molar-refractivity contribution in [2.24, 2.45) is 0 Å². The molecule has 0 atom stereocenters. The zero-order valence-corrected chi connectivity index (χ0v) is 11.4. The van der Waals surface area contributed by atoms with Crippen molar-refractivity contribution in [1.82, 2.24) is 10.3 Å². The molecule has 4 heteroatoms. The number of thiazole rings is 1. The lowest BCUT2D eigenvalue weighted by molar-refractivity contribution is 0.587. The topological polar surface area (TPSA) is 24.9 Å². The SMILES string of the molecule is CCSCc1nc(CCNC(C)C)cs1. The summed E-state index contributed by atoms with van der Waals surface area (Å²) in [5.74, 6) is 2.24. The zero-order chi connectivity index (χ0) is 11.1. The Balaban J connectivity index is 2.26. The number of nitrogens with one attached hydrogen (secondary N) is 1. The summed E-state index contributed by atoms with van der Waals surface area (Å²) in [4.78, 5) is 4.60. The van der Waals surface area contributed by atoms with Gasteiger partial charge in [-0.25, -0.2) is 4.98 Å². The first kappa shape index (κ1) is 13.0. The molecule has 1 N–H and O–H groups in total. The number of nitrogens with zero attached hydrogens (tertiary/aromatic N) is 1. The van der Waals surface area contributed by atoms with E-state index in [1.165, 1.54) is 16.5 Å². The normalized spacial score (nSPS) is 11.2. The first-order valence-corrected chi connectivity index (χ1v) is 7.50. The van der Waals surface area contributed by atoms with Crippen LogP contribution in [-0.4, -0.2) is 23.3 Å². The molecule has 0 bridgehead atoms. The first-order valence-electron chi connectivity index (χ1n) is 5.46. The summed E-state index contributed by atoms with van der Waals surface area (Å²) in [7, 11) is 0. The molecule has 0 spiro atoms. The molecule has 1 rings (SSSR count). The van der Waals surface area contributed by atoms with E-state index in [0.717, 1.165) is 18.7 Å². The Bertz CT molecular complexity index is 271. The van der Waals surface area contributed by atoms with E-state index in [-0.39, 0.29) is 0 Å². The van der Waals surface area contributed by atoms with Gasteiger partial charge >= 0.3 is 0 Å². The molecule has 0 aromatic carbocycles. The maximum Gasteiger partial charge on any atom is 0.103 e. The van der Waals surface area contributed by atoms with Crippen molar-refractivity contribution in [3.05, 3.63) is 16.1 Å². The Kier molecular flexibility index (Phi) is 6.29. The average molecular weight is 244 g/mol. The highest BCUT2D eigenvalue weighted by atomic mass is 32.2. The molecule has 0 amide bonds. The molecule has 0 aliphatic carbocycles. The summed E-state index contributed by atoms with van der Waals surface area (Å²) in [6.07, 6.45) is 1.05. The maximum absolute atomic E-state index is 4.60. The molecule has 0 unspecified atom stereocenters. The van der Waals surface area contributed by atoms with Gasteiger partial charge in [-0.2, -0.15) is 11.8 Å². The molecule has 0 saturated heterocycles. The van der Waals surface area contributed by atoms with Crippen LogP contribution in [0, 0.1) is 0 Å². The van der Waals surface area contributed by atoms with Crippen molar-refractivity contribution in [2.45, 2.75) is 39.0 Å². The molecule has 1 aromatic rings. The molecule has 0 radical (unpaired) electrons. The van der Waals surface area contributed by atoms with E-state index in [4.69, 9.17) is 0 Å². The first-order chi connectivity index (χ1) is 7.22. The number of aromatic nitrogens is 1. The molecule has 1 aromatic heterocycles. The minimum atomic E-state index is 0.568. The smallest absolute Gasteiger partial charge is 0.103 e. The summed E-state index contributed by atoms with van der Waals surface area (Å²) in [6, 6.07) is 0.568. The van der Waals surface area contributed by atoms with Gasteiger partial charge in [0.05, 0.1) is 5.69 Å². The van der Waals surface area contributed by atoms with Crippen LogP contribution in [0.2, 0.25) is 0 Å². The van der Waals surface area contributed by atoms with Gasteiger partial charge in [-0.1, -0.05) is 20.8 Å². The fourth-order valence-electron chi connectivity index (χ4n) is 1.21. The van der Waals surface area contributed by atoms with Crippen LogP contribution in [0.1, 0.15) is 31.5 Å². The molecule has 0 fully saturated rings. The summed E-state index contributed by atoms with van der Waals surface area (Å²) in [5, 5.41) is 6.86. The van der Waals surface area contributed by atoms with Crippen LogP contribution in [0.15, 0.2) is 5.38 Å². The molecule has 86 valence electrons. The summed E-state index contributed by atoms with van der Waals surface area (Å²) < 4.78 is 0. The van der Waals surface area contributed by atoms with Crippen molar-refractivity contribution in [2.75, 3.05) is 12.3 Å². The van der Waals surface area contributed by atoms with E-state index in [9.17, 15) is 0 Å². The third kappa shape index (κ3) is 5.54. The van der Waals surface area contributed by atoms with E-state index < -0.39 is 0 Å². The van der Waals surface area contributed by atoms with Gasteiger partial charge in [0.15, 0.2) is 0 Å². The fourth-order valence-corrected chi connectivity index (χ4v) is 2.79. The van der Waals surface area contributed by atoms with E-state index in [1.807, 2.05) is 11.8 Å². The van der Waals surface area contributed by atoms with Crippen molar-refractivity contribution in [3.8, 4) is 0 Å². The Morgan fingerprint density at radius 1 is 1.53 bits per heavy atom. The average Bonchev–Trinajstić information content (AvgIpc) is 2.62. The summed E-state index contributed by atoms with van der Waals surface area (Å²) in [5.41, 5.74) is 1.24. The van der Waals surface area contributed by atoms with Crippen LogP contribution in [0.5, 0.6) is 0 Å². The van der Waals surface area contributed by atoms with Crippen molar-refractivity contribution in [1.29, 1.82) is 0 Å². The van der Waals surface area contributed by atoms with Crippen LogP contribution in [-0.2, 0) is 12.2 Å². The highest BCUT2D eigenvalue weighted by molar-refractivity contribution is 7.98. The second-order valence-corrected chi connectivity index (χ2v) is 5.95. The Labute approximate surface area is 101 Å². The Morgan fingerprint density at radius 2 is 2.33 bits per heavy atom.